The first kappa shape index (κ1) is 21.5. The van der Waals surface area contributed by atoms with E-state index in [-0.39, 0.29) is 23.3 Å². The Bertz CT molecular complexity index is 1240. The molecule has 160 valence electrons. The molecular formula is C24H19FN4O2S. The van der Waals surface area contributed by atoms with Crippen LogP contribution in [0.15, 0.2) is 84.0 Å². The summed E-state index contributed by atoms with van der Waals surface area (Å²) in [5.74, 6) is 0.156. The zero-order valence-corrected chi connectivity index (χ0v) is 18.0. The molecule has 0 aliphatic heterocycles. The van der Waals surface area contributed by atoms with E-state index in [1.165, 1.54) is 30.8 Å². The highest BCUT2D eigenvalue weighted by molar-refractivity contribution is 7.99. The Kier molecular flexibility index (Phi) is 6.42. The molecule has 0 aliphatic rings. The fourth-order valence-corrected chi connectivity index (χ4v) is 3.96. The standard InChI is InChI=1S/C24H19FN4O2S/c1-16(30)26-20-11-7-17(8-12-20)22(31)15-32-24-28-27-23(18-5-3-2-4-6-18)29(24)21-13-9-19(25)10-14-21/h2-14H,15H2,1H3,(H,26,30). The topological polar surface area (TPSA) is 76.9 Å². The van der Waals surface area contributed by atoms with Crippen LogP contribution in [0.5, 0.6) is 0 Å². The largest absolute Gasteiger partial charge is 0.326 e. The molecule has 0 saturated carbocycles. The third kappa shape index (κ3) is 4.92. The number of aromatic nitrogens is 3. The molecule has 32 heavy (non-hydrogen) atoms. The van der Waals surface area contributed by atoms with Gasteiger partial charge in [0.2, 0.25) is 5.91 Å². The van der Waals surface area contributed by atoms with Crippen molar-refractivity contribution in [1.82, 2.24) is 14.8 Å². The van der Waals surface area contributed by atoms with Crippen molar-refractivity contribution in [2.45, 2.75) is 12.1 Å². The van der Waals surface area contributed by atoms with E-state index in [1.807, 2.05) is 34.9 Å². The van der Waals surface area contributed by atoms with Gasteiger partial charge < -0.3 is 5.32 Å². The van der Waals surface area contributed by atoms with Crippen LogP contribution in [-0.2, 0) is 4.79 Å². The van der Waals surface area contributed by atoms with Crippen molar-refractivity contribution >= 4 is 29.1 Å². The highest BCUT2D eigenvalue weighted by atomic mass is 32.2. The minimum atomic E-state index is -0.338. The maximum absolute atomic E-state index is 13.5. The second kappa shape index (κ2) is 9.57. The third-order valence-electron chi connectivity index (χ3n) is 4.61. The van der Waals surface area contributed by atoms with Gasteiger partial charge in [-0.2, -0.15) is 0 Å². The lowest BCUT2D eigenvalue weighted by atomic mass is 10.1. The number of carbonyl (C=O) groups is 2. The minimum absolute atomic E-state index is 0.0840. The molecule has 0 spiro atoms. The number of anilines is 1. The van der Waals surface area contributed by atoms with Crippen molar-refractivity contribution in [3.05, 3.63) is 90.2 Å². The molecule has 4 aromatic rings. The van der Waals surface area contributed by atoms with Gasteiger partial charge in [-0.1, -0.05) is 42.1 Å². The molecule has 1 aromatic heterocycles. The number of ketones is 1. The maximum Gasteiger partial charge on any atom is 0.221 e. The zero-order chi connectivity index (χ0) is 22.5. The van der Waals surface area contributed by atoms with Crippen molar-refractivity contribution in [2.24, 2.45) is 0 Å². The van der Waals surface area contributed by atoms with E-state index < -0.39 is 0 Å². The highest BCUT2D eigenvalue weighted by Crippen LogP contribution is 2.28. The molecule has 8 heteroatoms. The predicted molar refractivity (Wildman–Crippen MR) is 123 cm³/mol. The zero-order valence-electron chi connectivity index (χ0n) is 17.2. The average Bonchev–Trinajstić information content (AvgIpc) is 3.22. The summed E-state index contributed by atoms with van der Waals surface area (Å²) in [6, 6.07) is 22.3. The van der Waals surface area contributed by atoms with Crippen LogP contribution in [0.3, 0.4) is 0 Å². The second-order valence-corrected chi connectivity index (χ2v) is 7.90. The Morgan fingerprint density at radius 1 is 0.938 bits per heavy atom. The van der Waals surface area contributed by atoms with Crippen LogP contribution < -0.4 is 5.32 Å². The number of amides is 1. The molecule has 4 rings (SSSR count). The van der Waals surface area contributed by atoms with Crippen molar-refractivity contribution in [2.75, 3.05) is 11.1 Å². The number of halogens is 1. The van der Waals surface area contributed by atoms with Crippen molar-refractivity contribution < 1.29 is 14.0 Å². The van der Waals surface area contributed by atoms with Crippen molar-refractivity contribution in [1.29, 1.82) is 0 Å². The van der Waals surface area contributed by atoms with Crippen LogP contribution in [-0.4, -0.2) is 32.2 Å². The highest BCUT2D eigenvalue weighted by Gasteiger charge is 2.18. The number of hydrogen-bond donors (Lipinski definition) is 1. The molecule has 0 atom stereocenters. The number of nitrogens with one attached hydrogen (secondary N) is 1. The Morgan fingerprint density at radius 3 is 2.28 bits per heavy atom. The van der Waals surface area contributed by atoms with Crippen LogP contribution in [0.2, 0.25) is 0 Å². The second-order valence-electron chi connectivity index (χ2n) is 6.95. The monoisotopic (exact) mass is 446 g/mol. The molecule has 0 unspecified atom stereocenters. The molecule has 1 N–H and O–H groups in total. The van der Waals surface area contributed by atoms with Gasteiger partial charge in [-0.05, 0) is 48.5 Å². The fraction of sp³-hybridized carbons (Fsp3) is 0.0833. The van der Waals surface area contributed by atoms with E-state index in [1.54, 1.807) is 36.4 Å². The number of hydrogen-bond acceptors (Lipinski definition) is 5. The van der Waals surface area contributed by atoms with E-state index in [0.717, 1.165) is 5.56 Å². The summed E-state index contributed by atoms with van der Waals surface area (Å²) in [6.45, 7) is 1.43. The normalized spacial score (nSPS) is 10.7. The summed E-state index contributed by atoms with van der Waals surface area (Å²) in [6.07, 6.45) is 0. The van der Waals surface area contributed by atoms with Gasteiger partial charge in [-0.15, -0.1) is 10.2 Å². The van der Waals surface area contributed by atoms with Crippen LogP contribution in [0.4, 0.5) is 10.1 Å². The fourth-order valence-electron chi connectivity index (χ4n) is 3.12. The SMILES string of the molecule is CC(=O)Nc1ccc(C(=O)CSc2nnc(-c3ccccc3)n2-c2ccc(F)cc2)cc1. The number of rotatable bonds is 7. The first-order chi connectivity index (χ1) is 15.5. The summed E-state index contributed by atoms with van der Waals surface area (Å²) in [5, 5.41) is 11.8. The first-order valence-corrected chi connectivity index (χ1v) is 10.8. The smallest absolute Gasteiger partial charge is 0.221 e. The van der Waals surface area contributed by atoms with Gasteiger partial charge in [0.1, 0.15) is 5.82 Å². The molecular weight excluding hydrogens is 427 g/mol. The van der Waals surface area contributed by atoms with Gasteiger partial charge in [0.15, 0.2) is 16.8 Å². The van der Waals surface area contributed by atoms with Crippen LogP contribution >= 0.6 is 11.8 Å². The van der Waals surface area contributed by atoms with Gasteiger partial charge in [-0.3, -0.25) is 14.2 Å². The summed E-state index contributed by atoms with van der Waals surface area (Å²) >= 11 is 1.26. The van der Waals surface area contributed by atoms with E-state index in [2.05, 4.69) is 15.5 Å². The Morgan fingerprint density at radius 2 is 1.62 bits per heavy atom. The molecule has 1 heterocycles. The van der Waals surface area contributed by atoms with E-state index in [9.17, 15) is 14.0 Å². The Labute approximate surface area is 188 Å². The van der Waals surface area contributed by atoms with Crippen LogP contribution in [0.25, 0.3) is 17.1 Å². The summed E-state index contributed by atoms with van der Waals surface area (Å²) in [5.41, 5.74) is 2.72. The van der Waals surface area contributed by atoms with E-state index in [4.69, 9.17) is 0 Å². The molecule has 0 aliphatic carbocycles. The molecule has 1 amide bonds. The lowest BCUT2D eigenvalue weighted by Crippen LogP contribution is -2.07. The van der Waals surface area contributed by atoms with Gasteiger partial charge in [0, 0.05) is 29.4 Å². The maximum atomic E-state index is 13.5. The Hall–Kier alpha value is -3.78. The number of thioether (sulfide) groups is 1. The lowest BCUT2D eigenvalue weighted by Gasteiger charge is -2.10. The van der Waals surface area contributed by atoms with Gasteiger partial charge in [0.05, 0.1) is 5.75 Å². The number of benzene rings is 3. The number of carbonyl (C=O) groups excluding carboxylic acids is 2. The third-order valence-corrected chi connectivity index (χ3v) is 5.54. The molecule has 0 bridgehead atoms. The summed E-state index contributed by atoms with van der Waals surface area (Å²) in [4.78, 5) is 23.9. The van der Waals surface area contributed by atoms with E-state index in [0.29, 0.717) is 27.9 Å². The average molecular weight is 447 g/mol. The Balaban J connectivity index is 1.58. The summed E-state index contributed by atoms with van der Waals surface area (Å²) in [7, 11) is 0. The van der Waals surface area contributed by atoms with Crippen molar-refractivity contribution in [3.63, 3.8) is 0 Å². The van der Waals surface area contributed by atoms with E-state index >= 15 is 0 Å². The molecule has 0 saturated heterocycles. The number of nitrogens with zero attached hydrogens (tertiary/aromatic N) is 3. The molecule has 0 radical (unpaired) electrons. The van der Waals surface area contributed by atoms with Crippen molar-refractivity contribution in [3.8, 4) is 17.1 Å². The molecule has 0 fully saturated rings. The minimum Gasteiger partial charge on any atom is -0.326 e. The predicted octanol–water partition coefficient (Wildman–Crippen LogP) is 5.01. The lowest BCUT2D eigenvalue weighted by molar-refractivity contribution is -0.114. The summed E-state index contributed by atoms with van der Waals surface area (Å²) < 4.78 is 15.3. The van der Waals surface area contributed by atoms with Crippen LogP contribution in [0, 0.1) is 5.82 Å². The molecule has 6 nitrogen and oxygen atoms in total. The quantitative estimate of drug-likeness (QED) is 0.319. The van der Waals surface area contributed by atoms with Crippen LogP contribution in [0.1, 0.15) is 17.3 Å². The molecule has 3 aromatic carbocycles. The first-order valence-electron chi connectivity index (χ1n) is 9.82. The van der Waals surface area contributed by atoms with Gasteiger partial charge in [-0.25, -0.2) is 4.39 Å². The van der Waals surface area contributed by atoms with Gasteiger partial charge in [0.25, 0.3) is 0 Å². The number of Topliss-reactive ketones (excluding diaryl/α,β-unsaturated/α-hetero) is 1. The van der Waals surface area contributed by atoms with Gasteiger partial charge >= 0.3 is 0 Å².